The number of aliphatic hydroxyl groups excluding tert-OH is 1. The molecule has 0 saturated carbocycles. The predicted molar refractivity (Wildman–Crippen MR) is 121 cm³/mol. The summed E-state index contributed by atoms with van der Waals surface area (Å²) < 4.78 is 5.65. The number of benzene rings is 2. The van der Waals surface area contributed by atoms with E-state index >= 15 is 0 Å². The van der Waals surface area contributed by atoms with Crippen molar-refractivity contribution in [3.8, 4) is 5.75 Å². The number of ketones is 1. The molecule has 1 saturated heterocycles. The number of carbonyl (C=O) groups excluding carboxylic acids is 2. The molecule has 3 rings (SSSR count). The summed E-state index contributed by atoms with van der Waals surface area (Å²) >= 11 is 5.95. The summed E-state index contributed by atoms with van der Waals surface area (Å²) in [6.07, 6.45) is 0.896. The third kappa shape index (κ3) is 5.09. The third-order valence-electron chi connectivity index (χ3n) is 5.11. The van der Waals surface area contributed by atoms with Gasteiger partial charge in [0.05, 0.1) is 18.2 Å². The van der Waals surface area contributed by atoms with Crippen molar-refractivity contribution in [3.05, 3.63) is 70.3 Å². The SMILES string of the molecule is CCCOc1ccc(C2/C(=C(/O)c3ccc(Cl)cc3)C(=O)C(=O)N2CCN(C)C)cc1. The first-order chi connectivity index (χ1) is 14.8. The molecule has 1 aliphatic rings. The van der Waals surface area contributed by atoms with Crippen LogP contribution in [0.3, 0.4) is 0 Å². The molecule has 1 atom stereocenters. The summed E-state index contributed by atoms with van der Waals surface area (Å²) in [6.45, 7) is 3.58. The second-order valence-corrected chi connectivity index (χ2v) is 8.16. The Morgan fingerprint density at radius 1 is 1.10 bits per heavy atom. The second-order valence-electron chi connectivity index (χ2n) is 7.72. The highest BCUT2D eigenvalue weighted by atomic mass is 35.5. The molecule has 0 spiro atoms. The van der Waals surface area contributed by atoms with E-state index in [1.807, 2.05) is 50.2 Å². The summed E-state index contributed by atoms with van der Waals surface area (Å²) in [6, 6.07) is 13.1. The minimum absolute atomic E-state index is 0.0771. The molecule has 31 heavy (non-hydrogen) atoms. The number of likely N-dealkylation sites (N-methyl/N-ethyl adjacent to an activating group) is 1. The lowest BCUT2D eigenvalue weighted by atomic mass is 9.95. The molecule has 2 aromatic carbocycles. The van der Waals surface area contributed by atoms with Crippen molar-refractivity contribution in [1.82, 2.24) is 9.80 Å². The molecule has 6 nitrogen and oxygen atoms in total. The van der Waals surface area contributed by atoms with Gasteiger partial charge in [0.25, 0.3) is 11.7 Å². The Kier molecular flexibility index (Phi) is 7.36. The van der Waals surface area contributed by atoms with Crippen LogP contribution in [0, 0.1) is 0 Å². The molecule has 1 heterocycles. The van der Waals surface area contributed by atoms with Gasteiger partial charge in [-0.05, 0) is 62.5 Å². The topological polar surface area (TPSA) is 70.1 Å². The fraction of sp³-hybridized carbons (Fsp3) is 0.333. The van der Waals surface area contributed by atoms with Gasteiger partial charge in [0.1, 0.15) is 11.5 Å². The van der Waals surface area contributed by atoms with Crippen LogP contribution in [-0.2, 0) is 9.59 Å². The maximum Gasteiger partial charge on any atom is 0.295 e. The Morgan fingerprint density at radius 3 is 2.32 bits per heavy atom. The van der Waals surface area contributed by atoms with E-state index in [0.717, 1.165) is 12.0 Å². The van der Waals surface area contributed by atoms with Crippen LogP contribution < -0.4 is 4.74 Å². The third-order valence-corrected chi connectivity index (χ3v) is 5.37. The van der Waals surface area contributed by atoms with Gasteiger partial charge < -0.3 is 19.6 Å². The molecule has 1 aliphatic heterocycles. The van der Waals surface area contributed by atoms with Crippen molar-refractivity contribution >= 4 is 29.1 Å². The van der Waals surface area contributed by atoms with Crippen molar-refractivity contribution < 1.29 is 19.4 Å². The number of Topliss-reactive ketones (excluding diaryl/α,β-unsaturated/α-hetero) is 1. The van der Waals surface area contributed by atoms with Gasteiger partial charge in [0, 0.05) is 23.7 Å². The van der Waals surface area contributed by atoms with Gasteiger partial charge in [-0.2, -0.15) is 0 Å². The molecule has 0 radical (unpaired) electrons. The van der Waals surface area contributed by atoms with Gasteiger partial charge in [-0.15, -0.1) is 0 Å². The fourth-order valence-electron chi connectivity index (χ4n) is 3.49. The molecular formula is C24H27ClN2O4. The predicted octanol–water partition coefficient (Wildman–Crippen LogP) is 4.11. The molecule has 0 aliphatic carbocycles. The minimum Gasteiger partial charge on any atom is -0.507 e. The molecular weight excluding hydrogens is 416 g/mol. The smallest absolute Gasteiger partial charge is 0.295 e. The van der Waals surface area contributed by atoms with E-state index in [9.17, 15) is 14.7 Å². The molecule has 164 valence electrons. The molecule has 1 fully saturated rings. The van der Waals surface area contributed by atoms with Crippen LogP contribution in [0.5, 0.6) is 5.75 Å². The molecule has 7 heteroatoms. The van der Waals surface area contributed by atoms with E-state index in [1.165, 1.54) is 4.90 Å². The quantitative estimate of drug-likeness (QED) is 0.378. The Labute approximate surface area is 187 Å². The summed E-state index contributed by atoms with van der Waals surface area (Å²) in [5.74, 6) is -0.802. The van der Waals surface area contributed by atoms with Crippen LogP contribution in [-0.4, -0.2) is 60.4 Å². The number of halogens is 1. The number of hydrogen-bond acceptors (Lipinski definition) is 5. The highest BCUT2D eigenvalue weighted by Gasteiger charge is 2.45. The first-order valence-electron chi connectivity index (χ1n) is 10.2. The van der Waals surface area contributed by atoms with E-state index in [2.05, 4.69) is 0 Å². The summed E-state index contributed by atoms with van der Waals surface area (Å²) in [5, 5.41) is 11.5. The van der Waals surface area contributed by atoms with Crippen molar-refractivity contribution in [2.24, 2.45) is 0 Å². The number of carbonyl (C=O) groups is 2. The molecule has 2 aromatic rings. The lowest BCUT2D eigenvalue weighted by molar-refractivity contribution is -0.140. The van der Waals surface area contributed by atoms with Gasteiger partial charge in [-0.25, -0.2) is 0 Å². The van der Waals surface area contributed by atoms with Crippen LogP contribution in [0.2, 0.25) is 5.02 Å². The number of ether oxygens (including phenoxy) is 1. The molecule has 1 N–H and O–H groups in total. The Morgan fingerprint density at radius 2 is 1.74 bits per heavy atom. The Balaban J connectivity index is 2.06. The van der Waals surface area contributed by atoms with E-state index in [-0.39, 0.29) is 11.3 Å². The van der Waals surface area contributed by atoms with Crippen molar-refractivity contribution in [2.45, 2.75) is 19.4 Å². The number of likely N-dealkylation sites (tertiary alicyclic amines) is 1. The zero-order valence-electron chi connectivity index (χ0n) is 18.0. The molecule has 1 amide bonds. The number of rotatable bonds is 8. The van der Waals surface area contributed by atoms with Gasteiger partial charge in [-0.1, -0.05) is 30.7 Å². The average Bonchev–Trinajstić information content (AvgIpc) is 3.01. The molecule has 0 bridgehead atoms. The fourth-order valence-corrected chi connectivity index (χ4v) is 3.62. The van der Waals surface area contributed by atoms with Gasteiger partial charge in [0.2, 0.25) is 0 Å². The zero-order chi connectivity index (χ0) is 22.5. The van der Waals surface area contributed by atoms with Gasteiger partial charge in [-0.3, -0.25) is 9.59 Å². The van der Waals surface area contributed by atoms with Crippen LogP contribution >= 0.6 is 11.6 Å². The van der Waals surface area contributed by atoms with Crippen LogP contribution in [0.4, 0.5) is 0 Å². The minimum atomic E-state index is -0.692. The molecule has 1 unspecified atom stereocenters. The normalized spacial score (nSPS) is 18.1. The first-order valence-corrected chi connectivity index (χ1v) is 10.6. The van der Waals surface area contributed by atoms with E-state index in [0.29, 0.717) is 36.0 Å². The summed E-state index contributed by atoms with van der Waals surface area (Å²) in [4.78, 5) is 29.3. The number of nitrogens with zero attached hydrogens (tertiary/aromatic N) is 2. The van der Waals surface area contributed by atoms with E-state index in [4.69, 9.17) is 16.3 Å². The largest absolute Gasteiger partial charge is 0.507 e. The number of aliphatic hydroxyl groups is 1. The Hall–Kier alpha value is -2.83. The summed E-state index contributed by atoms with van der Waals surface area (Å²) in [7, 11) is 3.80. The standard InChI is InChI=1S/C24H27ClN2O4/c1-4-15-31-19-11-7-16(8-12-19)21-20(22(28)17-5-9-18(25)10-6-17)23(29)24(30)27(21)14-13-26(2)3/h5-12,21,28H,4,13-15H2,1-3H3/b22-20-. The summed E-state index contributed by atoms with van der Waals surface area (Å²) in [5.41, 5.74) is 1.24. The van der Waals surface area contributed by atoms with Crippen LogP contribution in [0.25, 0.3) is 5.76 Å². The number of amides is 1. The maximum absolute atomic E-state index is 13.0. The van der Waals surface area contributed by atoms with Crippen molar-refractivity contribution in [1.29, 1.82) is 0 Å². The van der Waals surface area contributed by atoms with Gasteiger partial charge >= 0.3 is 0 Å². The second kappa shape index (κ2) is 9.98. The van der Waals surface area contributed by atoms with Crippen molar-refractivity contribution in [3.63, 3.8) is 0 Å². The van der Waals surface area contributed by atoms with Crippen LogP contribution in [0.1, 0.15) is 30.5 Å². The Bertz CT molecular complexity index is 968. The monoisotopic (exact) mass is 442 g/mol. The van der Waals surface area contributed by atoms with Crippen molar-refractivity contribution in [2.75, 3.05) is 33.8 Å². The van der Waals surface area contributed by atoms with Gasteiger partial charge in [0.15, 0.2) is 0 Å². The average molecular weight is 443 g/mol. The van der Waals surface area contributed by atoms with E-state index < -0.39 is 17.7 Å². The maximum atomic E-state index is 13.0. The highest BCUT2D eigenvalue weighted by Crippen LogP contribution is 2.39. The van der Waals surface area contributed by atoms with Crippen LogP contribution in [0.15, 0.2) is 54.1 Å². The highest BCUT2D eigenvalue weighted by molar-refractivity contribution is 6.46. The first kappa shape index (κ1) is 22.8. The number of hydrogen-bond donors (Lipinski definition) is 1. The molecule has 0 aromatic heterocycles. The lowest BCUT2D eigenvalue weighted by Gasteiger charge is -2.26. The lowest BCUT2D eigenvalue weighted by Crippen LogP contribution is -2.35. The zero-order valence-corrected chi connectivity index (χ0v) is 18.7. The van der Waals surface area contributed by atoms with E-state index in [1.54, 1.807) is 24.3 Å².